The highest BCUT2D eigenvalue weighted by Gasteiger charge is 2.50. The van der Waals surface area contributed by atoms with Crippen LogP contribution in [-0.4, -0.2) is 15.0 Å². The second-order valence-electron chi connectivity index (χ2n) is 14.2. The normalized spacial score (nSPS) is 13.1. The Morgan fingerprint density at radius 2 is 0.946 bits per heavy atom. The highest BCUT2D eigenvalue weighted by atomic mass is 32.2. The number of aromatic nitrogens is 3. The van der Waals surface area contributed by atoms with Crippen LogP contribution in [-0.2, 0) is 5.41 Å². The Morgan fingerprint density at radius 3 is 1.68 bits per heavy atom. The van der Waals surface area contributed by atoms with Gasteiger partial charge >= 0.3 is 0 Å². The molecular weight excluding hydrogens is 701 g/mol. The van der Waals surface area contributed by atoms with Crippen LogP contribution < -0.4 is 0 Å². The van der Waals surface area contributed by atoms with Crippen molar-refractivity contribution in [1.82, 2.24) is 15.0 Å². The second kappa shape index (κ2) is 12.7. The van der Waals surface area contributed by atoms with Crippen molar-refractivity contribution >= 4 is 22.5 Å². The summed E-state index contributed by atoms with van der Waals surface area (Å²) in [5.41, 5.74) is 12.1. The summed E-state index contributed by atoms with van der Waals surface area (Å²) in [5.74, 6) is 1.88. The molecule has 2 heterocycles. The molecule has 8 aromatic carbocycles. The van der Waals surface area contributed by atoms with E-state index in [0.717, 1.165) is 38.6 Å². The third-order valence-electron chi connectivity index (χ3n) is 11.3. The van der Waals surface area contributed by atoms with E-state index in [0.29, 0.717) is 23.0 Å². The first kappa shape index (κ1) is 32.3. The van der Waals surface area contributed by atoms with Gasteiger partial charge in [0.25, 0.3) is 0 Å². The summed E-state index contributed by atoms with van der Waals surface area (Å²) in [7, 11) is 0. The van der Waals surface area contributed by atoms with E-state index in [-0.39, 0.29) is 0 Å². The summed E-state index contributed by atoms with van der Waals surface area (Å²) in [5, 5.41) is 12.3. The third-order valence-corrected chi connectivity index (χ3v) is 12.4. The van der Waals surface area contributed by atoms with Crippen LogP contribution >= 0.6 is 11.8 Å². The molecule has 0 saturated carbocycles. The maximum Gasteiger partial charge on any atom is 0.164 e. The van der Waals surface area contributed by atoms with Gasteiger partial charge in [-0.25, -0.2) is 15.0 Å². The average Bonchev–Trinajstić information content (AvgIpc) is 3.57. The molecule has 2 aliphatic rings. The zero-order chi connectivity index (χ0) is 37.2. The Balaban J connectivity index is 1.19. The summed E-state index contributed by atoms with van der Waals surface area (Å²) in [6.45, 7) is 0. The number of nitrogens with zero attached hydrogens (tertiary/aromatic N) is 4. The quantitative estimate of drug-likeness (QED) is 0.180. The lowest BCUT2D eigenvalue weighted by molar-refractivity contribution is 0.723. The molecule has 0 atom stereocenters. The molecule has 1 spiro atoms. The molecule has 0 bridgehead atoms. The van der Waals surface area contributed by atoms with Crippen LogP contribution in [0.15, 0.2) is 192 Å². The van der Waals surface area contributed by atoms with E-state index in [9.17, 15) is 5.26 Å². The van der Waals surface area contributed by atoms with Crippen molar-refractivity contribution < 1.29 is 0 Å². The number of rotatable bonds is 4. The Kier molecular flexibility index (Phi) is 7.35. The van der Waals surface area contributed by atoms with Gasteiger partial charge in [0.15, 0.2) is 17.5 Å². The molecule has 260 valence electrons. The smallest absolute Gasteiger partial charge is 0.164 e. The molecule has 1 aliphatic heterocycles. The third kappa shape index (κ3) is 4.83. The number of nitriles is 1. The van der Waals surface area contributed by atoms with Crippen LogP contribution in [0.5, 0.6) is 0 Å². The van der Waals surface area contributed by atoms with E-state index < -0.39 is 5.41 Å². The van der Waals surface area contributed by atoms with Gasteiger partial charge in [-0.3, -0.25) is 0 Å². The highest BCUT2D eigenvalue weighted by Crippen LogP contribution is 2.62. The fraction of sp³-hybridized carbons (Fsp3) is 0.0196. The molecule has 0 fully saturated rings. The topological polar surface area (TPSA) is 62.5 Å². The summed E-state index contributed by atoms with van der Waals surface area (Å²) in [4.78, 5) is 17.9. The minimum atomic E-state index is -0.634. The molecule has 5 heteroatoms. The molecule has 4 nitrogen and oxygen atoms in total. The Hall–Kier alpha value is -7.13. The van der Waals surface area contributed by atoms with Crippen molar-refractivity contribution in [2.75, 3.05) is 0 Å². The zero-order valence-corrected chi connectivity index (χ0v) is 30.8. The van der Waals surface area contributed by atoms with Gasteiger partial charge in [0.05, 0.1) is 17.0 Å². The Labute approximate surface area is 328 Å². The Bertz CT molecular complexity index is 3040. The van der Waals surface area contributed by atoms with Crippen LogP contribution in [0.4, 0.5) is 0 Å². The maximum atomic E-state index is 10.1. The number of fused-ring (bicyclic) bond motifs is 10. The van der Waals surface area contributed by atoms with Gasteiger partial charge in [-0.2, -0.15) is 5.26 Å². The van der Waals surface area contributed by atoms with Gasteiger partial charge in [-0.1, -0.05) is 163 Å². The fourth-order valence-corrected chi connectivity index (χ4v) is 9.96. The van der Waals surface area contributed by atoms with Crippen molar-refractivity contribution in [3.63, 3.8) is 0 Å². The monoisotopic (exact) mass is 730 g/mol. The van der Waals surface area contributed by atoms with E-state index in [1.807, 2.05) is 42.5 Å². The van der Waals surface area contributed by atoms with Crippen LogP contribution in [0.25, 0.3) is 67.2 Å². The predicted octanol–water partition coefficient (Wildman–Crippen LogP) is 12.4. The molecule has 0 radical (unpaired) electrons. The lowest BCUT2D eigenvalue weighted by atomic mass is 9.66. The number of benzene rings is 8. The standard InChI is InChI=1S/C51H30N4S/c52-31-36-16-5-6-18-37(36)34-25-27-46-44(29-34)51(42-23-10-8-20-39(42)40-21-9-11-24-43(40)51)45-30-35(26-28-47(45)56-46)49-53-48(33-14-2-1-3-15-33)54-50(55-49)41-22-12-17-32-13-4-7-19-38(32)41/h1-30H. The molecule has 56 heavy (non-hydrogen) atoms. The number of hydrogen-bond donors (Lipinski definition) is 0. The minimum absolute atomic E-state index is 0.617. The lowest BCUT2D eigenvalue weighted by Crippen LogP contribution is -2.32. The molecule has 1 aromatic heterocycles. The molecule has 11 rings (SSSR count). The van der Waals surface area contributed by atoms with Crippen LogP contribution in [0.2, 0.25) is 0 Å². The summed E-state index contributed by atoms with van der Waals surface area (Å²) in [6.07, 6.45) is 0. The number of hydrogen-bond acceptors (Lipinski definition) is 5. The predicted molar refractivity (Wildman–Crippen MR) is 225 cm³/mol. The first-order chi connectivity index (χ1) is 27.7. The summed E-state index contributed by atoms with van der Waals surface area (Å²) >= 11 is 1.79. The fourth-order valence-electron chi connectivity index (χ4n) is 8.80. The van der Waals surface area contributed by atoms with Crippen molar-refractivity contribution in [3.8, 4) is 62.5 Å². The van der Waals surface area contributed by atoms with E-state index in [1.54, 1.807) is 11.8 Å². The van der Waals surface area contributed by atoms with Crippen molar-refractivity contribution in [2.45, 2.75) is 15.2 Å². The Morgan fingerprint density at radius 1 is 0.411 bits per heavy atom. The molecular formula is C51H30N4S. The van der Waals surface area contributed by atoms with Gasteiger partial charge in [-0.05, 0) is 85.6 Å². The van der Waals surface area contributed by atoms with E-state index in [4.69, 9.17) is 15.0 Å². The molecule has 0 amide bonds. The van der Waals surface area contributed by atoms with Gasteiger partial charge in [0.2, 0.25) is 0 Å². The van der Waals surface area contributed by atoms with Crippen LogP contribution in [0, 0.1) is 11.3 Å². The lowest BCUT2D eigenvalue weighted by Gasteiger charge is -2.40. The second-order valence-corrected chi connectivity index (χ2v) is 15.3. The van der Waals surface area contributed by atoms with Crippen LogP contribution in [0.1, 0.15) is 27.8 Å². The van der Waals surface area contributed by atoms with Crippen molar-refractivity contribution in [3.05, 3.63) is 210 Å². The van der Waals surface area contributed by atoms with E-state index in [2.05, 4.69) is 146 Å². The first-order valence-electron chi connectivity index (χ1n) is 18.7. The zero-order valence-electron chi connectivity index (χ0n) is 30.0. The molecule has 0 saturated heterocycles. The minimum Gasteiger partial charge on any atom is -0.208 e. The van der Waals surface area contributed by atoms with Gasteiger partial charge in [-0.15, -0.1) is 0 Å². The van der Waals surface area contributed by atoms with Crippen molar-refractivity contribution in [1.29, 1.82) is 5.26 Å². The van der Waals surface area contributed by atoms with Gasteiger partial charge in [0, 0.05) is 26.5 Å². The maximum absolute atomic E-state index is 10.1. The van der Waals surface area contributed by atoms with E-state index >= 15 is 0 Å². The van der Waals surface area contributed by atoms with Crippen molar-refractivity contribution in [2.24, 2.45) is 0 Å². The summed E-state index contributed by atoms with van der Waals surface area (Å²) in [6, 6.07) is 66.2. The van der Waals surface area contributed by atoms with Gasteiger partial charge in [0.1, 0.15) is 0 Å². The van der Waals surface area contributed by atoms with Crippen LogP contribution in [0.3, 0.4) is 0 Å². The molecule has 0 N–H and O–H groups in total. The molecule has 9 aromatic rings. The molecule has 1 aliphatic carbocycles. The average molecular weight is 731 g/mol. The largest absolute Gasteiger partial charge is 0.208 e. The van der Waals surface area contributed by atoms with Gasteiger partial charge < -0.3 is 0 Å². The van der Waals surface area contributed by atoms with E-state index in [1.165, 1.54) is 43.2 Å². The highest BCUT2D eigenvalue weighted by molar-refractivity contribution is 7.99. The first-order valence-corrected chi connectivity index (χ1v) is 19.5. The summed E-state index contributed by atoms with van der Waals surface area (Å²) < 4.78 is 0. The molecule has 0 unspecified atom stereocenters. The SMILES string of the molecule is N#Cc1ccccc1-c1ccc2c(c1)C1(c3cc(-c4nc(-c5ccccc5)nc(-c5cccc6ccccc56)n4)ccc3S2)c2ccccc2-c2ccccc21.